The van der Waals surface area contributed by atoms with Gasteiger partial charge in [0.15, 0.2) is 5.82 Å². The Hall–Kier alpha value is -2.44. The lowest BCUT2D eigenvalue weighted by Crippen LogP contribution is -2.03. The first-order chi connectivity index (χ1) is 8.11. The van der Waals surface area contributed by atoms with Crippen LogP contribution in [0.15, 0.2) is 24.3 Å². The van der Waals surface area contributed by atoms with Crippen molar-refractivity contribution in [3.05, 3.63) is 40.2 Å². The molecular weight excluding hydrogens is 222 g/mol. The third kappa shape index (κ3) is 2.07. The molecule has 0 saturated heterocycles. The van der Waals surface area contributed by atoms with Crippen molar-refractivity contribution in [2.24, 2.45) is 0 Å². The summed E-state index contributed by atoms with van der Waals surface area (Å²) in [4.78, 5) is 14.2. The van der Waals surface area contributed by atoms with Gasteiger partial charge in [0.25, 0.3) is 5.69 Å². The van der Waals surface area contributed by atoms with Crippen molar-refractivity contribution >= 4 is 11.6 Å². The quantitative estimate of drug-likeness (QED) is 0.636. The zero-order chi connectivity index (χ0) is 12.4. The average Bonchev–Trinajstić information content (AvgIpc) is 2.71. The molecule has 0 saturated carbocycles. The fourth-order valence-electron chi connectivity index (χ4n) is 1.45. The van der Waals surface area contributed by atoms with Crippen LogP contribution in [-0.4, -0.2) is 19.7 Å². The van der Waals surface area contributed by atoms with E-state index in [9.17, 15) is 10.1 Å². The summed E-state index contributed by atoms with van der Waals surface area (Å²) in [6, 6.07) is 6.10. The summed E-state index contributed by atoms with van der Waals surface area (Å²) in [7, 11) is 0. The normalized spacial score (nSPS) is 10.4. The van der Waals surface area contributed by atoms with Gasteiger partial charge in [-0.25, -0.2) is 0 Å². The Balaban J connectivity index is 2.48. The highest BCUT2D eigenvalue weighted by molar-refractivity contribution is 5.45. The zero-order valence-electron chi connectivity index (χ0n) is 9.20. The maximum atomic E-state index is 10.7. The van der Waals surface area contributed by atoms with Gasteiger partial charge in [0.2, 0.25) is 5.95 Å². The summed E-state index contributed by atoms with van der Waals surface area (Å²) in [5, 5.41) is 14.8. The second-order valence-corrected chi connectivity index (χ2v) is 3.43. The van der Waals surface area contributed by atoms with E-state index in [-0.39, 0.29) is 11.6 Å². The molecule has 0 aliphatic rings. The van der Waals surface area contributed by atoms with Crippen LogP contribution in [0.25, 0.3) is 5.69 Å². The summed E-state index contributed by atoms with van der Waals surface area (Å²) < 4.78 is 1.39. The Kier molecular flexibility index (Phi) is 2.73. The predicted octanol–water partition coefficient (Wildman–Crippen LogP) is 1.32. The van der Waals surface area contributed by atoms with Crippen LogP contribution in [0.3, 0.4) is 0 Å². The fraction of sp³-hybridized carbons (Fsp3) is 0.200. The van der Waals surface area contributed by atoms with Gasteiger partial charge in [-0.15, -0.1) is 5.10 Å². The first-order valence-corrected chi connectivity index (χ1v) is 5.08. The number of rotatable bonds is 3. The average molecular weight is 233 g/mol. The van der Waals surface area contributed by atoms with E-state index in [2.05, 4.69) is 10.1 Å². The van der Waals surface area contributed by atoms with Gasteiger partial charge < -0.3 is 5.73 Å². The molecule has 0 spiro atoms. The lowest BCUT2D eigenvalue weighted by molar-refractivity contribution is -0.384. The monoisotopic (exact) mass is 233 g/mol. The minimum absolute atomic E-state index is 0.00421. The molecule has 0 fully saturated rings. The van der Waals surface area contributed by atoms with E-state index in [1.807, 2.05) is 6.92 Å². The topological polar surface area (TPSA) is 99.9 Å². The standard InChI is InChI=1S/C10H11N5O2/c1-2-9-12-10(11)14(13-9)7-4-3-5-8(6-7)15(16)17/h3-6H,2H2,1H3,(H2,11,12,13). The van der Waals surface area contributed by atoms with Crippen LogP contribution >= 0.6 is 0 Å². The molecule has 88 valence electrons. The number of nitrogens with zero attached hydrogens (tertiary/aromatic N) is 4. The molecule has 0 aliphatic carbocycles. The van der Waals surface area contributed by atoms with Gasteiger partial charge in [-0.3, -0.25) is 10.1 Å². The number of nitro benzene ring substituents is 1. The molecule has 0 radical (unpaired) electrons. The summed E-state index contributed by atoms with van der Waals surface area (Å²) in [6.45, 7) is 1.91. The molecule has 0 unspecified atom stereocenters. The molecule has 0 bridgehead atoms. The van der Waals surface area contributed by atoms with Crippen molar-refractivity contribution in [2.45, 2.75) is 13.3 Å². The number of anilines is 1. The molecule has 0 amide bonds. The zero-order valence-corrected chi connectivity index (χ0v) is 9.20. The van der Waals surface area contributed by atoms with E-state index in [1.165, 1.54) is 16.8 Å². The molecule has 2 rings (SSSR count). The third-order valence-corrected chi connectivity index (χ3v) is 2.28. The highest BCUT2D eigenvalue weighted by Gasteiger charge is 2.11. The Morgan fingerprint density at radius 2 is 2.29 bits per heavy atom. The minimum atomic E-state index is -0.461. The molecule has 1 aromatic heterocycles. The molecular formula is C10H11N5O2. The van der Waals surface area contributed by atoms with Crippen molar-refractivity contribution in [3.63, 3.8) is 0 Å². The van der Waals surface area contributed by atoms with Crippen molar-refractivity contribution in [3.8, 4) is 5.69 Å². The van der Waals surface area contributed by atoms with E-state index in [1.54, 1.807) is 12.1 Å². The second kappa shape index (κ2) is 4.20. The van der Waals surface area contributed by atoms with E-state index < -0.39 is 4.92 Å². The number of nitrogen functional groups attached to an aromatic ring is 1. The molecule has 7 heteroatoms. The molecule has 7 nitrogen and oxygen atoms in total. The van der Waals surface area contributed by atoms with Gasteiger partial charge >= 0.3 is 0 Å². The van der Waals surface area contributed by atoms with Gasteiger partial charge in [0, 0.05) is 18.6 Å². The number of aryl methyl sites for hydroxylation is 1. The fourth-order valence-corrected chi connectivity index (χ4v) is 1.45. The Morgan fingerprint density at radius 1 is 1.53 bits per heavy atom. The van der Waals surface area contributed by atoms with Crippen LogP contribution in [0.4, 0.5) is 11.6 Å². The van der Waals surface area contributed by atoms with E-state index in [4.69, 9.17) is 5.73 Å². The minimum Gasteiger partial charge on any atom is -0.368 e. The van der Waals surface area contributed by atoms with Crippen LogP contribution in [-0.2, 0) is 6.42 Å². The lowest BCUT2D eigenvalue weighted by atomic mass is 10.3. The largest absolute Gasteiger partial charge is 0.368 e. The molecule has 1 heterocycles. The van der Waals surface area contributed by atoms with Gasteiger partial charge in [-0.1, -0.05) is 13.0 Å². The number of nitrogens with two attached hydrogens (primary N) is 1. The van der Waals surface area contributed by atoms with Crippen molar-refractivity contribution in [1.82, 2.24) is 14.8 Å². The number of non-ortho nitro benzene ring substituents is 1. The lowest BCUT2D eigenvalue weighted by Gasteiger charge is -2.01. The maximum absolute atomic E-state index is 10.7. The molecule has 0 aliphatic heterocycles. The highest BCUT2D eigenvalue weighted by atomic mass is 16.6. The van der Waals surface area contributed by atoms with E-state index in [0.29, 0.717) is 17.9 Å². The number of hydrogen-bond acceptors (Lipinski definition) is 5. The first kappa shape index (κ1) is 11.1. The SMILES string of the molecule is CCc1nc(N)n(-c2cccc([N+](=O)[O-])c2)n1. The molecule has 2 aromatic rings. The first-order valence-electron chi connectivity index (χ1n) is 5.08. The summed E-state index contributed by atoms with van der Waals surface area (Å²) in [5.41, 5.74) is 6.22. The molecule has 2 N–H and O–H groups in total. The number of nitro groups is 1. The Bertz CT molecular complexity index is 564. The number of aromatic nitrogens is 3. The van der Waals surface area contributed by atoms with Gasteiger partial charge in [0.1, 0.15) is 0 Å². The van der Waals surface area contributed by atoms with Crippen molar-refractivity contribution in [2.75, 3.05) is 5.73 Å². The summed E-state index contributed by atoms with van der Waals surface area (Å²) in [5.74, 6) is 0.830. The smallest absolute Gasteiger partial charge is 0.271 e. The van der Waals surface area contributed by atoms with Crippen LogP contribution in [0.5, 0.6) is 0 Å². The van der Waals surface area contributed by atoms with Crippen molar-refractivity contribution < 1.29 is 4.92 Å². The number of hydrogen-bond donors (Lipinski definition) is 1. The summed E-state index contributed by atoms with van der Waals surface area (Å²) in [6.07, 6.45) is 0.659. The Morgan fingerprint density at radius 3 is 2.88 bits per heavy atom. The van der Waals surface area contributed by atoms with Crippen LogP contribution in [0.2, 0.25) is 0 Å². The predicted molar refractivity (Wildman–Crippen MR) is 61.8 cm³/mol. The molecule has 0 atom stereocenters. The molecule has 17 heavy (non-hydrogen) atoms. The van der Waals surface area contributed by atoms with Crippen molar-refractivity contribution in [1.29, 1.82) is 0 Å². The van der Waals surface area contributed by atoms with Crippen LogP contribution in [0, 0.1) is 10.1 Å². The number of benzene rings is 1. The molecule has 1 aromatic carbocycles. The van der Waals surface area contributed by atoms with Gasteiger partial charge in [-0.2, -0.15) is 9.67 Å². The van der Waals surface area contributed by atoms with E-state index in [0.717, 1.165) is 0 Å². The van der Waals surface area contributed by atoms with Crippen LogP contribution < -0.4 is 5.73 Å². The van der Waals surface area contributed by atoms with E-state index >= 15 is 0 Å². The maximum Gasteiger partial charge on any atom is 0.271 e. The van der Waals surface area contributed by atoms with Gasteiger partial charge in [0.05, 0.1) is 10.6 Å². The highest BCUT2D eigenvalue weighted by Crippen LogP contribution is 2.18. The Labute approximate surface area is 97.0 Å². The third-order valence-electron chi connectivity index (χ3n) is 2.28. The second-order valence-electron chi connectivity index (χ2n) is 3.43. The summed E-state index contributed by atoms with van der Waals surface area (Å²) >= 11 is 0. The van der Waals surface area contributed by atoms with Crippen LogP contribution in [0.1, 0.15) is 12.7 Å². The van der Waals surface area contributed by atoms with Gasteiger partial charge in [-0.05, 0) is 6.07 Å².